The predicted octanol–water partition coefficient (Wildman–Crippen LogP) is 8.66. The number of para-hydroxylation sites is 2. The molecule has 2 heteroatoms. The quantitative estimate of drug-likeness (QED) is 0.314. The van der Waals surface area contributed by atoms with Crippen molar-refractivity contribution in [1.29, 1.82) is 0 Å². The van der Waals surface area contributed by atoms with Gasteiger partial charge in [-0.3, -0.25) is 0 Å². The van der Waals surface area contributed by atoms with Gasteiger partial charge in [0.1, 0.15) is 11.2 Å². The molecular weight excluding hydrogens is 390 g/mol. The van der Waals surface area contributed by atoms with E-state index in [9.17, 15) is 0 Å². The van der Waals surface area contributed by atoms with Crippen LogP contribution in [0.3, 0.4) is 0 Å². The normalized spacial score (nSPS) is 11.1. The van der Waals surface area contributed by atoms with Gasteiger partial charge in [-0.25, -0.2) is 0 Å². The maximum atomic E-state index is 5.99. The Morgan fingerprint density at radius 2 is 1.19 bits per heavy atom. The van der Waals surface area contributed by atoms with Crippen molar-refractivity contribution < 1.29 is 4.42 Å². The molecule has 0 saturated heterocycles. The Bertz CT molecular complexity index is 1550. The van der Waals surface area contributed by atoms with Crippen LogP contribution in [-0.2, 0) is 0 Å². The maximum Gasteiger partial charge on any atom is 0.135 e. The first-order valence-electron chi connectivity index (χ1n) is 10.8. The molecule has 0 aliphatic heterocycles. The second-order valence-corrected chi connectivity index (χ2v) is 7.93. The number of furan rings is 1. The minimum atomic E-state index is 0.918. The van der Waals surface area contributed by atoms with Crippen molar-refractivity contribution >= 4 is 33.3 Å². The van der Waals surface area contributed by atoms with E-state index >= 15 is 0 Å². The summed E-state index contributed by atoms with van der Waals surface area (Å²) in [6.45, 7) is 0. The van der Waals surface area contributed by atoms with Crippen LogP contribution in [0.25, 0.3) is 44.2 Å². The molecule has 152 valence electrons. The summed E-state index contributed by atoms with van der Waals surface area (Å²) in [5.41, 5.74) is 8.71. The molecule has 1 aromatic heterocycles. The monoisotopic (exact) mass is 411 g/mol. The number of anilines is 2. The molecule has 0 bridgehead atoms. The second-order valence-electron chi connectivity index (χ2n) is 7.93. The molecular formula is C30H21NO. The molecule has 32 heavy (non-hydrogen) atoms. The van der Waals surface area contributed by atoms with Gasteiger partial charge >= 0.3 is 0 Å². The number of fused-ring (bicyclic) bond motifs is 3. The van der Waals surface area contributed by atoms with Gasteiger partial charge in [-0.2, -0.15) is 0 Å². The van der Waals surface area contributed by atoms with Crippen LogP contribution in [0.5, 0.6) is 0 Å². The van der Waals surface area contributed by atoms with Crippen LogP contribution in [0.4, 0.5) is 11.4 Å². The van der Waals surface area contributed by atoms with Gasteiger partial charge in [0.05, 0.1) is 0 Å². The molecule has 1 heterocycles. The molecule has 6 rings (SSSR count). The van der Waals surface area contributed by atoms with Crippen molar-refractivity contribution in [2.75, 3.05) is 5.32 Å². The van der Waals surface area contributed by atoms with Gasteiger partial charge < -0.3 is 9.73 Å². The van der Waals surface area contributed by atoms with Crippen molar-refractivity contribution in [3.05, 3.63) is 121 Å². The Morgan fingerprint density at radius 1 is 0.469 bits per heavy atom. The number of benzene rings is 5. The number of hydrogen-bond donors (Lipinski definition) is 1. The largest absolute Gasteiger partial charge is 0.456 e. The van der Waals surface area contributed by atoms with Crippen LogP contribution in [0, 0.1) is 0 Å². The molecule has 0 atom stereocenters. The van der Waals surface area contributed by atoms with Gasteiger partial charge in [-0.05, 0) is 53.1 Å². The third-order valence-corrected chi connectivity index (χ3v) is 5.86. The molecule has 0 aliphatic rings. The van der Waals surface area contributed by atoms with E-state index in [0.29, 0.717) is 0 Å². The van der Waals surface area contributed by atoms with Gasteiger partial charge in [0.25, 0.3) is 0 Å². The van der Waals surface area contributed by atoms with E-state index < -0.39 is 0 Å². The summed E-state index contributed by atoms with van der Waals surface area (Å²) in [7, 11) is 0. The van der Waals surface area contributed by atoms with E-state index in [1.807, 2.05) is 18.2 Å². The van der Waals surface area contributed by atoms with Gasteiger partial charge in [-0.1, -0.05) is 84.9 Å². The zero-order valence-electron chi connectivity index (χ0n) is 17.5. The molecule has 2 nitrogen and oxygen atoms in total. The fourth-order valence-corrected chi connectivity index (χ4v) is 4.30. The highest BCUT2D eigenvalue weighted by Gasteiger charge is 2.09. The second kappa shape index (κ2) is 7.75. The van der Waals surface area contributed by atoms with Crippen molar-refractivity contribution in [2.45, 2.75) is 0 Å². The average Bonchev–Trinajstić information content (AvgIpc) is 3.23. The lowest BCUT2D eigenvalue weighted by Gasteiger charge is -2.13. The molecule has 1 N–H and O–H groups in total. The number of nitrogens with one attached hydrogen (secondary N) is 1. The third kappa shape index (κ3) is 3.32. The lowest BCUT2D eigenvalue weighted by atomic mass is 10.0. The van der Waals surface area contributed by atoms with Crippen LogP contribution in [0.2, 0.25) is 0 Å². The first kappa shape index (κ1) is 18.5. The summed E-state index contributed by atoms with van der Waals surface area (Å²) in [6.07, 6.45) is 0. The molecule has 5 aromatic carbocycles. The zero-order chi connectivity index (χ0) is 21.3. The molecule has 0 spiro atoms. The predicted molar refractivity (Wildman–Crippen MR) is 134 cm³/mol. The van der Waals surface area contributed by atoms with E-state index in [0.717, 1.165) is 33.3 Å². The van der Waals surface area contributed by atoms with Gasteiger partial charge in [-0.15, -0.1) is 0 Å². The first-order chi connectivity index (χ1) is 15.8. The molecule has 0 radical (unpaired) electrons. The van der Waals surface area contributed by atoms with E-state index in [1.54, 1.807) is 0 Å². The van der Waals surface area contributed by atoms with Gasteiger partial charge in [0.15, 0.2) is 0 Å². The lowest BCUT2D eigenvalue weighted by molar-refractivity contribution is 0.669. The lowest BCUT2D eigenvalue weighted by Crippen LogP contribution is -1.93. The summed E-state index contributed by atoms with van der Waals surface area (Å²) in [6, 6.07) is 42.1. The Kier molecular flexibility index (Phi) is 4.47. The Balaban J connectivity index is 1.38. The van der Waals surface area contributed by atoms with Crippen LogP contribution in [0.15, 0.2) is 126 Å². The Hall–Kier alpha value is -4.30. The standard InChI is InChI=1S/C30H21NO/c1-2-9-21(10-3-1)25-13-4-6-15-28(25)31-24-12-8-11-22(19-24)23-17-18-30-27(20-23)26-14-5-7-16-29(26)32-30/h1-20,31H. The fourth-order valence-electron chi connectivity index (χ4n) is 4.30. The van der Waals surface area contributed by atoms with Crippen LogP contribution in [0.1, 0.15) is 0 Å². The molecule has 0 fully saturated rings. The smallest absolute Gasteiger partial charge is 0.135 e. The minimum absolute atomic E-state index is 0.918. The first-order valence-corrected chi connectivity index (χ1v) is 10.8. The van der Waals surface area contributed by atoms with Crippen molar-refractivity contribution in [3.63, 3.8) is 0 Å². The average molecular weight is 412 g/mol. The Labute approximate surface area is 186 Å². The van der Waals surface area contributed by atoms with Crippen molar-refractivity contribution in [2.24, 2.45) is 0 Å². The molecule has 0 aliphatic carbocycles. The summed E-state index contributed by atoms with van der Waals surface area (Å²) >= 11 is 0. The van der Waals surface area contributed by atoms with Crippen LogP contribution >= 0.6 is 0 Å². The highest BCUT2D eigenvalue weighted by molar-refractivity contribution is 6.06. The van der Waals surface area contributed by atoms with Crippen LogP contribution < -0.4 is 5.32 Å². The number of hydrogen-bond acceptors (Lipinski definition) is 2. The topological polar surface area (TPSA) is 25.2 Å². The van der Waals surface area contributed by atoms with Crippen molar-refractivity contribution in [1.82, 2.24) is 0 Å². The van der Waals surface area contributed by atoms with Crippen molar-refractivity contribution in [3.8, 4) is 22.3 Å². The van der Waals surface area contributed by atoms with E-state index in [-0.39, 0.29) is 0 Å². The molecule has 0 unspecified atom stereocenters. The summed E-state index contributed by atoms with van der Waals surface area (Å²) in [5.74, 6) is 0. The minimum Gasteiger partial charge on any atom is -0.456 e. The van der Waals surface area contributed by atoms with E-state index in [2.05, 4.69) is 108 Å². The molecule has 0 amide bonds. The van der Waals surface area contributed by atoms with Gasteiger partial charge in [0.2, 0.25) is 0 Å². The third-order valence-electron chi connectivity index (χ3n) is 5.86. The van der Waals surface area contributed by atoms with E-state index in [1.165, 1.54) is 22.3 Å². The molecule has 6 aromatic rings. The summed E-state index contributed by atoms with van der Waals surface area (Å²) < 4.78 is 5.99. The fraction of sp³-hybridized carbons (Fsp3) is 0. The van der Waals surface area contributed by atoms with Crippen LogP contribution in [-0.4, -0.2) is 0 Å². The van der Waals surface area contributed by atoms with E-state index in [4.69, 9.17) is 4.42 Å². The summed E-state index contributed by atoms with van der Waals surface area (Å²) in [5, 5.41) is 5.92. The number of rotatable bonds is 4. The zero-order valence-corrected chi connectivity index (χ0v) is 17.5. The Morgan fingerprint density at radius 3 is 2.12 bits per heavy atom. The van der Waals surface area contributed by atoms with Gasteiger partial charge in [0, 0.05) is 27.7 Å². The maximum absolute atomic E-state index is 5.99. The summed E-state index contributed by atoms with van der Waals surface area (Å²) in [4.78, 5) is 0. The SMILES string of the molecule is c1ccc(-c2ccccc2Nc2cccc(-c3ccc4oc5ccccc5c4c3)c2)cc1. The molecule has 0 saturated carbocycles. The highest BCUT2D eigenvalue weighted by atomic mass is 16.3. The highest BCUT2D eigenvalue weighted by Crippen LogP contribution is 2.34.